The zero-order valence-electron chi connectivity index (χ0n) is 11.9. The van der Waals surface area contributed by atoms with Gasteiger partial charge in [-0.1, -0.05) is 0 Å². The van der Waals surface area contributed by atoms with Crippen molar-refractivity contribution in [2.24, 2.45) is 0 Å². The van der Waals surface area contributed by atoms with Crippen molar-refractivity contribution in [3.8, 4) is 0 Å². The second kappa shape index (κ2) is 5.57. The number of amides is 1. The third-order valence-corrected chi connectivity index (χ3v) is 4.02. The first-order valence-corrected chi connectivity index (χ1v) is 7.10. The van der Waals surface area contributed by atoms with Crippen LogP contribution in [0.1, 0.15) is 46.0 Å². The Morgan fingerprint density at radius 2 is 2.11 bits per heavy atom. The molecule has 2 rings (SSSR count). The van der Waals surface area contributed by atoms with Crippen molar-refractivity contribution < 1.29 is 9.53 Å². The molecule has 1 atom stereocenters. The third-order valence-electron chi connectivity index (χ3n) is 4.02. The minimum absolute atomic E-state index is 0.248. The van der Waals surface area contributed by atoms with Gasteiger partial charge < -0.3 is 15.0 Å². The van der Waals surface area contributed by atoms with E-state index in [9.17, 15) is 4.79 Å². The Bertz CT molecular complexity index is 294. The van der Waals surface area contributed by atoms with Gasteiger partial charge in [-0.3, -0.25) is 4.79 Å². The minimum Gasteiger partial charge on any atom is -0.378 e. The number of ether oxygens (including phenoxy) is 1. The fraction of sp³-hybridized carbons (Fsp3) is 0.929. The summed E-state index contributed by atoms with van der Waals surface area (Å²) in [4.78, 5) is 14.5. The lowest BCUT2D eigenvalue weighted by molar-refractivity contribution is -0.137. The Hall–Kier alpha value is -0.610. The molecule has 0 aromatic heterocycles. The van der Waals surface area contributed by atoms with E-state index in [0.29, 0.717) is 18.5 Å². The number of hydrogen-bond acceptors (Lipinski definition) is 3. The average Bonchev–Trinajstić information content (AvgIpc) is 3.02. The molecule has 0 bridgehead atoms. The van der Waals surface area contributed by atoms with Gasteiger partial charge >= 0.3 is 0 Å². The molecule has 1 amide bonds. The fourth-order valence-electron chi connectivity index (χ4n) is 2.53. The van der Waals surface area contributed by atoms with Crippen molar-refractivity contribution in [3.05, 3.63) is 0 Å². The maximum Gasteiger partial charge on any atom is 0.225 e. The maximum absolute atomic E-state index is 12.4. The number of nitrogens with one attached hydrogen (secondary N) is 1. The smallest absolute Gasteiger partial charge is 0.225 e. The zero-order valence-corrected chi connectivity index (χ0v) is 11.9. The first-order chi connectivity index (χ1) is 8.52. The highest BCUT2D eigenvalue weighted by atomic mass is 16.5. The van der Waals surface area contributed by atoms with Crippen molar-refractivity contribution in [1.29, 1.82) is 0 Å². The molecule has 2 aliphatic rings. The SMILES string of the molecule is COC(C)(C)CC(=O)N(CC1CCCN1)C1CC1. The van der Waals surface area contributed by atoms with E-state index in [1.807, 2.05) is 13.8 Å². The van der Waals surface area contributed by atoms with Crippen molar-refractivity contribution >= 4 is 5.91 Å². The summed E-state index contributed by atoms with van der Waals surface area (Å²) in [5.41, 5.74) is -0.354. The molecule has 0 spiro atoms. The third kappa shape index (κ3) is 3.69. The quantitative estimate of drug-likeness (QED) is 0.782. The molecule has 2 fully saturated rings. The first kappa shape index (κ1) is 13.8. The molecule has 0 aromatic rings. The molecule has 1 N–H and O–H groups in total. The number of carbonyl (C=O) groups excluding carboxylic acids is 1. The molecule has 1 saturated carbocycles. The van der Waals surface area contributed by atoms with Gasteiger partial charge in [0.15, 0.2) is 0 Å². The Morgan fingerprint density at radius 3 is 2.61 bits per heavy atom. The molecule has 0 radical (unpaired) electrons. The van der Waals surface area contributed by atoms with Crippen LogP contribution >= 0.6 is 0 Å². The van der Waals surface area contributed by atoms with Crippen LogP contribution in [0.15, 0.2) is 0 Å². The predicted molar refractivity (Wildman–Crippen MR) is 71.5 cm³/mol. The van der Waals surface area contributed by atoms with E-state index in [4.69, 9.17) is 4.74 Å². The molecule has 1 aliphatic carbocycles. The van der Waals surface area contributed by atoms with Crippen LogP contribution < -0.4 is 5.32 Å². The standard InChI is InChI=1S/C14H26N2O2/c1-14(2,18-3)9-13(17)16(12-6-7-12)10-11-5-4-8-15-11/h11-12,15H,4-10H2,1-3H3. The summed E-state index contributed by atoms with van der Waals surface area (Å²) < 4.78 is 5.37. The van der Waals surface area contributed by atoms with Gasteiger partial charge in [-0.15, -0.1) is 0 Å². The Morgan fingerprint density at radius 1 is 1.39 bits per heavy atom. The van der Waals surface area contributed by atoms with E-state index in [1.165, 1.54) is 25.7 Å². The molecular formula is C14H26N2O2. The zero-order chi connectivity index (χ0) is 13.2. The Balaban J connectivity index is 1.90. The highest BCUT2D eigenvalue weighted by molar-refractivity contribution is 5.78. The van der Waals surface area contributed by atoms with E-state index in [-0.39, 0.29) is 11.5 Å². The number of methoxy groups -OCH3 is 1. The summed E-state index contributed by atoms with van der Waals surface area (Å²) in [6.45, 7) is 5.93. The van der Waals surface area contributed by atoms with Gasteiger partial charge in [0.1, 0.15) is 0 Å². The minimum atomic E-state index is -0.354. The van der Waals surface area contributed by atoms with E-state index in [1.54, 1.807) is 7.11 Å². The summed E-state index contributed by atoms with van der Waals surface area (Å²) in [6.07, 6.45) is 5.26. The number of hydrogen-bond donors (Lipinski definition) is 1. The monoisotopic (exact) mass is 254 g/mol. The first-order valence-electron chi connectivity index (χ1n) is 7.10. The van der Waals surface area contributed by atoms with Gasteiger partial charge in [0.2, 0.25) is 5.91 Å². The summed E-state index contributed by atoms with van der Waals surface area (Å²) in [5, 5.41) is 3.48. The topological polar surface area (TPSA) is 41.6 Å². The highest BCUT2D eigenvalue weighted by Crippen LogP contribution is 2.29. The normalized spacial score (nSPS) is 24.3. The number of nitrogens with zero attached hydrogens (tertiary/aromatic N) is 1. The Kier molecular flexibility index (Phi) is 4.28. The van der Waals surface area contributed by atoms with Crippen LogP contribution in [0.3, 0.4) is 0 Å². The van der Waals surface area contributed by atoms with Gasteiger partial charge in [0.05, 0.1) is 12.0 Å². The average molecular weight is 254 g/mol. The highest BCUT2D eigenvalue weighted by Gasteiger charge is 2.36. The van der Waals surface area contributed by atoms with Crippen LogP contribution in [-0.4, -0.2) is 48.7 Å². The lowest BCUT2D eigenvalue weighted by Gasteiger charge is -2.30. The Labute approximate surface area is 110 Å². The number of carbonyl (C=O) groups is 1. The van der Waals surface area contributed by atoms with Gasteiger partial charge in [-0.05, 0) is 46.1 Å². The van der Waals surface area contributed by atoms with Gasteiger partial charge in [0, 0.05) is 25.7 Å². The molecule has 1 heterocycles. The van der Waals surface area contributed by atoms with Gasteiger partial charge in [0.25, 0.3) is 0 Å². The maximum atomic E-state index is 12.4. The number of rotatable bonds is 6. The van der Waals surface area contributed by atoms with Crippen LogP contribution in [0, 0.1) is 0 Å². The van der Waals surface area contributed by atoms with E-state index in [2.05, 4.69) is 10.2 Å². The molecule has 0 aromatic carbocycles. The fourth-order valence-corrected chi connectivity index (χ4v) is 2.53. The van der Waals surface area contributed by atoms with Crippen LogP contribution in [0.25, 0.3) is 0 Å². The predicted octanol–water partition coefficient (Wildman–Crippen LogP) is 1.54. The van der Waals surface area contributed by atoms with E-state index in [0.717, 1.165) is 13.1 Å². The second-order valence-corrected chi connectivity index (χ2v) is 6.21. The largest absolute Gasteiger partial charge is 0.378 e. The lowest BCUT2D eigenvalue weighted by Crippen LogP contribution is -2.44. The van der Waals surface area contributed by atoms with E-state index < -0.39 is 0 Å². The molecule has 1 aliphatic heterocycles. The van der Waals surface area contributed by atoms with Crippen molar-refractivity contribution in [2.75, 3.05) is 20.2 Å². The molecule has 18 heavy (non-hydrogen) atoms. The van der Waals surface area contributed by atoms with Crippen LogP contribution in [0.4, 0.5) is 0 Å². The summed E-state index contributed by atoms with van der Waals surface area (Å²) in [6, 6.07) is 0.993. The van der Waals surface area contributed by atoms with Gasteiger partial charge in [-0.2, -0.15) is 0 Å². The molecule has 104 valence electrons. The molecular weight excluding hydrogens is 228 g/mol. The van der Waals surface area contributed by atoms with Crippen LogP contribution in [0.5, 0.6) is 0 Å². The lowest BCUT2D eigenvalue weighted by atomic mass is 10.0. The second-order valence-electron chi connectivity index (χ2n) is 6.21. The van der Waals surface area contributed by atoms with Crippen molar-refractivity contribution in [3.63, 3.8) is 0 Å². The molecule has 1 unspecified atom stereocenters. The van der Waals surface area contributed by atoms with Gasteiger partial charge in [-0.25, -0.2) is 0 Å². The molecule has 4 nitrogen and oxygen atoms in total. The van der Waals surface area contributed by atoms with Crippen molar-refractivity contribution in [2.45, 2.75) is 63.6 Å². The van der Waals surface area contributed by atoms with Crippen molar-refractivity contribution in [1.82, 2.24) is 10.2 Å². The van der Waals surface area contributed by atoms with E-state index >= 15 is 0 Å². The molecule has 1 saturated heterocycles. The summed E-state index contributed by atoms with van der Waals surface area (Å²) in [5.74, 6) is 0.248. The van der Waals surface area contributed by atoms with Crippen LogP contribution in [-0.2, 0) is 9.53 Å². The summed E-state index contributed by atoms with van der Waals surface area (Å²) >= 11 is 0. The molecule has 4 heteroatoms. The summed E-state index contributed by atoms with van der Waals surface area (Å²) in [7, 11) is 1.67. The van der Waals surface area contributed by atoms with Crippen LogP contribution in [0.2, 0.25) is 0 Å².